The molecule has 1 unspecified atom stereocenters. The van der Waals surface area contributed by atoms with Gasteiger partial charge in [0.2, 0.25) is 0 Å². The van der Waals surface area contributed by atoms with Crippen molar-refractivity contribution in [1.29, 1.82) is 5.26 Å². The molecule has 1 aliphatic carbocycles. The number of nitrogens with one attached hydrogen (secondary N) is 2. The molecule has 1 saturated heterocycles. The molecule has 7 heteroatoms. The number of benzene rings is 2. The molecule has 1 aliphatic heterocycles. The molecule has 3 atom stereocenters. The van der Waals surface area contributed by atoms with Gasteiger partial charge in [0.05, 0.1) is 11.7 Å². The molecule has 144 valence electrons. The van der Waals surface area contributed by atoms with Crippen LogP contribution in [0.5, 0.6) is 11.5 Å². The van der Waals surface area contributed by atoms with Gasteiger partial charge >= 0.3 is 0 Å². The highest BCUT2D eigenvalue weighted by Gasteiger charge is 2.54. The molecular weight excluding hydrogens is 366 g/mol. The summed E-state index contributed by atoms with van der Waals surface area (Å²) < 4.78 is 5.99. The van der Waals surface area contributed by atoms with Crippen molar-refractivity contribution in [2.75, 3.05) is 6.54 Å². The Morgan fingerprint density at radius 3 is 2.79 bits per heavy atom. The number of likely N-dealkylation sites (tertiary alicyclic amines) is 1. The van der Waals surface area contributed by atoms with E-state index in [1.165, 1.54) is 0 Å². The molecule has 29 heavy (non-hydrogen) atoms. The number of rotatable bonds is 5. The number of piperidine rings is 1. The van der Waals surface area contributed by atoms with Gasteiger partial charge in [-0.2, -0.15) is 10.4 Å². The SMILES string of the molecule is N#CN1C[C@@H](NC(=O)c2cc(-c3ccccc3Oc3ccccc3)n[nH]2)C2C[C@H]21. The number of hydrogen-bond acceptors (Lipinski definition) is 5. The van der Waals surface area contributed by atoms with E-state index in [0.717, 1.165) is 17.7 Å². The Labute approximate surface area is 167 Å². The molecule has 2 aliphatic rings. The Hall–Kier alpha value is -3.79. The van der Waals surface area contributed by atoms with E-state index in [1.54, 1.807) is 11.0 Å². The zero-order chi connectivity index (χ0) is 19.8. The van der Waals surface area contributed by atoms with E-state index in [0.29, 0.717) is 35.6 Å². The predicted octanol–water partition coefficient (Wildman–Crippen LogP) is 3.15. The molecule has 2 N–H and O–H groups in total. The molecule has 2 heterocycles. The highest BCUT2D eigenvalue weighted by atomic mass is 16.5. The van der Waals surface area contributed by atoms with Gasteiger partial charge in [0.1, 0.15) is 17.2 Å². The average molecular weight is 385 g/mol. The molecule has 1 aromatic heterocycles. The number of aromatic amines is 1. The van der Waals surface area contributed by atoms with Crippen molar-refractivity contribution >= 4 is 5.91 Å². The predicted molar refractivity (Wildman–Crippen MR) is 106 cm³/mol. The van der Waals surface area contributed by atoms with Crippen molar-refractivity contribution in [3.63, 3.8) is 0 Å². The quantitative estimate of drug-likeness (QED) is 0.658. The topological polar surface area (TPSA) is 94.0 Å². The van der Waals surface area contributed by atoms with Crippen LogP contribution in [0.3, 0.4) is 0 Å². The van der Waals surface area contributed by atoms with Crippen molar-refractivity contribution in [2.24, 2.45) is 5.92 Å². The van der Waals surface area contributed by atoms with Gasteiger partial charge in [-0.3, -0.25) is 9.89 Å². The summed E-state index contributed by atoms with van der Waals surface area (Å²) >= 11 is 0. The van der Waals surface area contributed by atoms with Crippen LogP contribution in [0.15, 0.2) is 60.7 Å². The largest absolute Gasteiger partial charge is 0.457 e. The van der Waals surface area contributed by atoms with Gasteiger partial charge in [0, 0.05) is 24.1 Å². The third-order valence-electron chi connectivity index (χ3n) is 5.52. The summed E-state index contributed by atoms with van der Waals surface area (Å²) in [4.78, 5) is 14.4. The summed E-state index contributed by atoms with van der Waals surface area (Å²) in [6.45, 7) is 0.576. The number of nitrogens with zero attached hydrogens (tertiary/aromatic N) is 3. The first-order valence-corrected chi connectivity index (χ1v) is 9.58. The molecular formula is C22H19N5O2. The summed E-state index contributed by atoms with van der Waals surface area (Å²) in [5.41, 5.74) is 1.82. The van der Waals surface area contributed by atoms with Gasteiger partial charge in [-0.1, -0.05) is 30.3 Å². The molecule has 5 rings (SSSR count). The van der Waals surface area contributed by atoms with Gasteiger partial charge in [0.15, 0.2) is 6.19 Å². The maximum atomic E-state index is 12.7. The lowest BCUT2D eigenvalue weighted by molar-refractivity contribution is 0.0928. The lowest BCUT2D eigenvalue weighted by Crippen LogP contribution is -2.39. The normalized spacial score (nSPS) is 21.9. The number of aromatic nitrogens is 2. The Kier molecular flexibility index (Phi) is 4.17. The number of ether oxygens (including phenoxy) is 1. The third kappa shape index (κ3) is 3.29. The van der Waals surface area contributed by atoms with Crippen LogP contribution >= 0.6 is 0 Å². The summed E-state index contributed by atoms with van der Waals surface area (Å²) in [5, 5.41) is 19.3. The van der Waals surface area contributed by atoms with Crippen molar-refractivity contribution in [3.8, 4) is 28.9 Å². The van der Waals surface area contributed by atoms with Gasteiger partial charge < -0.3 is 15.0 Å². The molecule has 1 saturated carbocycles. The number of amides is 1. The van der Waals surface area contributed by atoms with Crippen LogP contribution in [0.4, 0.5) is 0 Å². The minimum Gasteiger partial charge on any atom is -0.457 e. The maximum Gasteiger partial charge on any atom is 0.269 e. The smallest absolute Gasteiger partial charge is 0.269 e. The van der Waals surface area contributed by atoms with E-state index >= 15 is 0 Å². The van der Waals surface area contributed by atoms with Crippen LogP contribution < -0.4 is 10.1 Å². The van der Waals surface area contributed by atoms with E-state index in [-0.39, 0.29) is 11.9 Å². The zero-order valence-corrected chi connectivity index (χ0v) is 15.6. The van der Waals surface area contributed by atoms with Crippen molar-refractivity contribution in [1.82, 2.24) is 20.4 Å². The molecule has 0 radical (unpaired) electrons. The summed E-state index contributed by atoms with van der Waals surface area (Å²) in [6, 6.07) is 19.1. The van der Waals surface area contributed by atoms with Crippen LogP contribution in [0.1, 0.15) is 16.9 Å². The second-order valence-corrected chi connectivity index (χ2v) is 7.38. The number of H-pyrrole nitrogens is 1. The van der Waals surface area contributed by atoms with Crippen LogP contribution in [0.2, 0.25) is 0 Å². The molecule has 1 amide bonds. The van der Waals surface area contributed by atoms with Crippen molar-refractivity contribution in [2.45, 2.75) is 18.5 Å². The fraction of sp³-hybridized carbons (Fsp3) is 0.227. The highest BCUT2D eigenvalue weighted by molar-refractivity contribution is 5.93. The van der Waals surface area contributed by atoms with Crippen LogP contribution in [0, 0.1) is 17.4 Å². The number of hydrogen-bond donors (Lipinski definition) is 2. The average Bonchev–Trinajstić information content (AvgIpc) is 3.25. The maximum absolute atomic E-state index is 12.7. The Balaban J connectivity index is 1.33. The van der Waals surface area contributed by atoms with E-state index in [9.17, 15) is 4.79 Å². The first kappa shape index (κ1) is 17.3. The van der Waals surface area contributed by atoms with Gasteiger partial charge in [-0.25, -0.2) is 0 Å². The van der Waals surface area contributed by atoms with Gasteiger partial charge in [-0.15, -0.1) is 0 Å². The Morgan fingerprint density at radius 2 is 2.00 bits per heavy atom. The second kappa shape index (κ2) is 6.99. The zero-order valence-electron chi connectivity index (χ0n) is 15.6. The molecule has 0 spiro atoms. The molecule has 3 aromatic rings. The second-order valence-electron chi connectivity index (χ2n) is 7.38. The molecule has 2 aromatic carbocycles. The van der Waals surface area contributed by atoms with Crippen molar-refractivity contribution in [3.05, 3.63) is 66.4 Å². The van der Waals surface area contributed by atoms with E-state index in [1.807, 2.05) is 54.6 Å². The van der Waals surface area contributed by atoms with E-state index in [4.69, 9.17) is 10.00 Å². The monoisotopic (exact) mass is 385 g/mol. The highest BCUT2D eigenvalue weighted by Crippen LogP contribution is 2.44. The molecule has 0 bridgehead atoms. The van der Waals surface area contributed by atoms with Gasteiger partial charge in [-0.05, 0) is 36.8 Å². The van der Waals surface area contributed by atoms with Gasteiger partial charge in [0.25, 0.3) is 5.91 Å². The van der Waals surface area contributed by atoms with E-state index < -0.39 is 0 Å². The third-order valence-corrected chi connectivity index (χ3v) is 5.52. The minimum atomic E-state index is -0.208. The number of fused-ring (bicyclic) bond motifs is 1. The minimum absolute atomic E-state index is 0.00704. The number of carbonyl (C=O) groups excluding carboxylic acids is 1. The summed E-state index contributed by atoms with van der Waals surface area (Å²) in [7, 11) is 0. The summed E-state index contributed by atoms with van der Waals surface area (Å²) in [5.74, 6) is 1.57. The molecule has 2 fully saturated rings. The standard InChI is InChI=1S/C22H19N5O2/c23-13-27-12-19(16-10-20(16)27)24-22(28)18-11-17(25-26-18)15-8-4-5-9-21(15)29-14-6-2-1-3-7-14/h1-9,11,16,19-20H,10,12H2,(H,24,28)(H,25,26)/t16?,19-,20-/m1/s1. The first-order chi connectivity index (χ1) is 14.2. The number of para-hydroxylation sites is 2. The van der Waals surface area contributed by atoms with Crippen LogP contribution in [-0.4, -0.2) is 39.6 Å². The Bertz CT molecular complexity index is 1090. The van der Waals surface area contributed by atoms with Crippen LogP contribution in [0.25, 0.3) is 11.3 Å². The number of carbonyl (C=O) groups is 1. The fourth-order valence-corrected chi connectivity index (χ4v) is 3.95. The van der Waals surface area contributed by atoms with Crippen LogP contribution in [-0.2, 0) is 0 Å². The lowest BCUT2D eigenvalue weighted by atomic mass is 10.1. The summed E-state index contributed by atoms with van der Waals surface area (Å²) in [6.07, 6.45) is 3.17. The fourth-order valence-electron chi connectivity index (χ4n) is 3.95. The number of nitriles is 1. The van der Waals surface area contributed by atoms with E-state index in [2.05, 4.69) is 21.7 Å². The lowest BCUT2D eigenvalue weighted by Gasteiger charge is -2.15. The molecule has 7 nitrogen and oxygen atoms in total. The first-order valence-electron chi connectivity index (χ1n) is 9.58. The van der Waals surface area contributed by atoms with Crippen molar-refractivity contribution < 1.29 is 9.53 Å². The Morgan fingerprint density at radius 1 is 1.21 bits per heavy atom.